The van der Waals surface area contributed by atoms with Gasteiger partial charge < -0.3 is 5.11 Å². The van der Waals surface area contributed by atoms with Gasteiger partial charge in [-0.05, 0) is 41.2 Å². The molecule has 0 aliphatic rings. The van der Waals surface area contributed by atoms with E-state index in [0.717, 1.165) is 17.5 Å². The summed E-state index contributed by atoms with van der Waals surface area (Å²) in [4.78, 5) is 0. The zero-order chi connectivity index (χ0) is 12.3. The zero-order valence-electron chi connectivity index (χ0n) is 10.4. The number of hydrogen-bond acceptors (Lipinski definition) is 1. The van der Waals surface area contributed by atoms with Gasteiger partial charge in [0.1, 0.15) is 0 Å². The van der Waals surface area contributed by atoms with Crippen molar-refractivity contribution in [3.05, 3.63) is 59.2 Å². The molecule has 0 spiro atoms. The van der Waals surface area contributed by atoms with E-state index in [1.54, 1.807) is 0 Å². The summed E-state index contributed by atoms with van der Waals surface area (Å²) < 4.78 is 0. The van der Waals surface area contributed by atoms with Crippen LogP contribution in [0.25, 0.3) is 11.1 Å². The van der Waals surface area contributed by atoms with Crippen molar-refractivity contribution in [3.63, 3.8) is 0 Å². The minimum atomic E-state index is 0.112. The predicted molar refractivity (Wildman–Crippen MR) is 71.9 cm³/mol. The van der Waals surface area contributed by atoms with Crippen molar-refractivity contribution in [2.45, 2.75) is 26.9 Å². The Bertz CT molecular complexity index is 497. The third-order valence-corrected chi connectivity index (χ3v) is 3.21. The summed E-state index contributed by atoms with van der Waals surface area (Å²) in [5.41, 5.74) is 5.94. The third-order valence-electron chi connectivity index (χ3n) is 3.21. The van der Waals surface area contributed by atoms with Crippen molar-refractivity contribution in [1.82, 2.24) is 0 Å². The van der Waals surface area contributed by atoms with Gasteiger partial charge in [0.25, 0.3) is 0 Å². The first-order chi connectivity index (χ1) is 8.24. The molecule has 2 rings (SSSR count). The van der Waals surface area contributed by atoms with E-state index < -0.39 is 0 Å². The van der Waals surface area contributed by atoms with Crippen LogP contribution in [-0.2, 0) is 13.0 Å². The fourth-order valence-corrected chi connectivity index (χ4v) is 1.99. The smallest absolute Gasteiger partial charge is 0.0684 e. The van der Waals surface area contributed by atoms with Crippen molar-refractivity contribution < 1.29 is 5.11 Å². The summed E-state index contributed by atoms with van der Waals surface area (Å²) in [6.45, 7) is 4.31. The van der Waals surface area contributed by atoms with Gasteiger partial charge in [0, 0.05) is 0 Å². The first-order valence-corrected chi connectivity index (χ1v) is 6.04. The van der Waals surface area contributed by atoms with Crippen LogP contribution in [0.3, 0.4) is 0 Å². The number of rotatable bonds is 3. The lowest BCUT2D eigenvalue weighted by Crippen LogP contribution is -1.89. The third kappa shape index (κ3) is 2.56. The molecule has 0 saturated carbocycles. The molecule has 2 aromatic rings. The van der Waals surface area contributed by atoms with Gasteiger partial charge >= 0.3 is 0 Å². The Labute approximate surface area is 103 Å². The highest BCUT2D eigenvalue weighted by atomic mass is 16.3. The van der Waals surface area contributed by atoms with E-state index in [1.807, 2.05) is 13.0 Å². The molecule has 0 bridgehead atoms. The van der Waals surface area contributed by atoms with Crippen molar-refractivity contribution in [2.75, 3.05) is 0 Å². The second kappa shape index (κ2) is 5.15. The summed E-state index contributed by atoms with van der Waals surface area (Å²) in [6, 6.07) is 14.9. The highest BCUT2D eigenvalue weighted by molar-refractivity contribution is 5.65. The van der Waals surface area contributed by atoms with E-state index >= 15 is 0 Å². The number of aliphatic hydroxyl groups is 1. The molecule has 88 valence electrons. The molecule has 1 N–H and O–H groups in total. The average Bonchev–Trinajstić information content (AvgIpc) is 2.39. The molecule has 0 saturated heterocycles. The lowest BCUT2D eigenvalue weighted by Gasteiger charge is -2.07. The summed E-state index contributed by atoms with van der Waals surface area (Å²) >= 11 is 0. The predicted octanol–water partition coefficient (Wildman–Crippen LogP) is 3.72. The van der Waals surface area contributed by atoms with E-state index in [2.05, 4.69) is 43.3 Å². The lowest BCUT2D eigenvalue weighted by molar-refractivity contribution is 0.281. The zero-order valence-corrected chi connectivity index (χ0v) is 10.4. The van der Waals surface area contributed by atoms with Crippen LogP contribution in [0.1, 0.15) is 23.6 Å². The molecule has 0 radical (unpaired) electrons. The van der Waals surface area contributed by atoms with Gasteiger partial charge in [-0.3, -0.25) is 0 Å². The van der Waals surface area contributed by atoms with E-state index in [0.29, 0.717) is 0 Å². The van der Waals surface area contributed by atoms with Crippen LogP contribution < -0.4 is 0 Å². The quantitative estimate of drug-likeness (QED) is 0.845. The van der Waals surface area contributed by atoms with Crippen LogP contribution in [0.15, 0.2) is 42.5 Å². The molecule has 1 nitrogen and oxygen atoms in total. The van der Waals surface area contributed by atoms with Gasteiger partial charge in [-0.15, -0.1) is 0 Å². The lowest BCUT2D eigenvalue weighted by atomic mass is 9.99. The molecule has 1 heteroatoms. The van der Waals surface area contributed by atoms with Crippen molar-refractivity contribution >= 4 is 0 Å². The summed E-state index contributed by atoms with van der Waals surface area (Å²) in [5.74, 6) is 0. The SMILES string of the molecule is CCc1ccc(-c2ccc(CO)c(C)c2)cc1. The Kier molecular flexibility index (Phi) is 3.60. The van der Waals surface area contributed by atoms with Crippen LogP contribution >= 0.6 is 0 Å². The standard InChI is InChI=1S/C16H18O/c1-3-13-4-6-14(7-5-13)15-8-9-16(11-17)12(2)10-15/h4-10,17H,3,11H2,1-2H3. The van der Waals surface area contributed by atoms with Gasteiger partial charge in [0.15, 0.2) is 0 Å². The number of aryl methyl sites for hydroxylation is 2. The molecular weight excluding hydrogens is 208 g/mol. The van der Waals surface area contributed by atoms with Crippen LogP contribution in [0.5, 0.6) is 0 Å². The minimum absolute atomic E-state index is 0.112. The van der Waals surface area contributed by atoms with Crippen LogP contribution in [-0.4, -0.2) is 5.11 Å². The molecule has 0 aromatic heterocycles. The average molecular weight is 226 g/mol. The number of hydrogen-bond donors (Lipinski definition) is 1. The topological polar surface area (TPSA) is 20.2 Å². The maximum Gasteiger partial charge on any atom is 0.0684 e. The normalized spacial score (nSPS) is 10.5. The Morgan fingerprint density at radius 2 is 1.59 bits per heavy atom. The highest BCUT2D eigenvalue weighted by Crippen LogP contribution is 2.23. The van der Waals surface area contributed by atoms with Gasteiger partial charge in [-0.2, -0.15) is 0 Å². The molecule has 17 heavy (non-hydrogen) atoms. The van der Waals surface area contributed by atoms with Gasteiger partial charge in [0.05, 0.1) is 6.61 Å². The largest absolute Gasteiger partial charge is 0.392 e. The Morgan fingerprint density at radius 1 is 0.941 bits per heavy atom. The second-order valence-corrected chi connectivity index (χ2v) is 4.35. The van der Waals surface area contributed by atoms with Gasteiger partial charge in [0.2, 0.25) is 0 Å². The molecule has 0 fully saturated rings. The molecule has 0 aliphatic heterocycles. The molecule has 0 heterocycles. The van der Waals surface area contributed by atoms with Crippen LogP contribution in [0.2, 0.25) is 0 Å². The van der Waals surface area contributed by atoms with Crippen molar-refractivity contribution in [3.8, 4) is 11.1 Å². The van der Waals surface area contributed by atoms with Gasteiger partial charge in [-0.1, -0.05) is 49.4 Å². The van der Waals surface area contributed by atoms with Crippen LogP contribution in [0.4, 0.5) is 0 Å². The number of benzene rings is 2. The monoisotopic (exact) mass is 226 g/mol. The van der Waals surface area contributed by atoms with E-state index in [-0.39, 0.29) is 6.61 Å². The summed E-state index contributed by atoms with van der Waals surface area (Å²) in [7, 11) is 0. The van der Waals surface area contributed by atoms with E-state index in [4.69, 9.17) is 5.11 Å². The molecule has 0 aliphatic carbocycles. The Balaban J connectivity index is 2.35. The van der Waals surface area contributed by atoms with Crippen LogP contribution in [0, 0.1) is 6.92 Å². The summed E-state index contributed by atoms with van der Waals surface area (Å²) in [6.07, 6.45) is 1.07. The molecule has 0 unspecified atom stereocenters. The Hall–Kier alpha value is -1.60. The molecular formula is C16H18O. The first-order valence-electron chi connectivity index (χ1n) is 6.04. The van der Waals surface area contributed by atoms with E-state index in [9.17, 15) is 0 Å². The van der Waals surface area contributed by atoms with Gasteiger partial charge in [-0.25, -0.2) is 0 Å². The fraction of sp³-hybridized carbons (Fsp3) is 0.250. The number of aliphatic hydroxyl groups excluding tert-OH is 1. The molecule has 2 aromatic carbocycles. The van der Waals surface area contributed by atoms with E-state index in [1.165, 1.54) is 16.7 Å². The maximum atomic E-state index is 9.15. The second-order valence-electron chi connectivity index (χ2n) is 4.35. The summed E-state index contributed by atoms with van der Waals surface area (Å²) in [5, 5.41) is 9.15. The highest BCUT2D eigenvalue weighted by Gasteiger charge is 2.01. The minimum Gasteiger partial charge on any atom is -0.392 e. The molecule has 0 amide bonds. The van der Waals surface area contributed by atoms with Crippen molar-refractivity contribution in [2.24, 2.45) is 0 Å². The fourth-order valence-electron chi connectivity index (χ4n) is 1.99. The Morgan fingerprint density at radius 3 is 2.12 bits per heavy atom. The molecule has 0 atom stereocenters. The maximum absolute atomic E-state index is 9.15. The first kappa shape index (κ1) is 11.9. The van der Waals surface area contributed by atoms with Crippen molar-refractivity contribution in [1.29, 1.82) is 0 Å².